The first-order valence-corrected chi connectivity index (χ1v) is 9.97. The van der Waals surface area contributed by atoms with E-state index in [1.54, 1.807) is 14.0 Å². The molecule has 0 aliphatic carbocycles. The molecule has 9 heteroatoms. The maximum absolute atomic E-state index is 11.9. The van der Waals surface area contributed by atoms with Crippen molar-refractivity contribution in [2.24, 2.45) is 5.73 Å². The Hall–Kier alpha value is -3.20. The average Bonchev–Trinajstić information content (AvgIpc) is 2.73. The highest BCUT2D eigenvalue weighted by Gasteiger charge is 2.17. The van der Waals surface area contributed by atoms with Gasteiger partial charge in [-0.15, -0.1) is 0 Å². The minimum Gasteiger partial charge on any atom is -0.364 e. The van der Waals surface area contributed by atoms with E-state index in [1.807, 2.05) is 50.1 Å². The number of aryl methyl sites for hydroxylation is 1. The molecular formula is C21H31N7O2. The van der Waals surface area contributed by atoms with Crippen LogP contribution in [-0.2, 0) is 11.2 Å². The van der Waals surface area contributed by atoms with Gasteiger partial charge in [0.15, 0.2) is 17.3 Å². The predicted octanol–water partition coefficient (Wildman–Crippen LogP) is 1.35. The van der Waals surface area contributed by atoms with Crippen molar-refractivity contribution in [3.63, 3.8) is 0 Å². The molecule has 2 rings (SSSR count). The SMILES string of the molecule is CCN(C)c1nc(Nc2cccc(CCNC(=O)C(C)NC)c2)c(C(N)=O)nc1C. The first-order valence-electron chi connectivity index (χ1n) is 9.97. The van der Waals surface area contributed by atoms with Gasteiger partial charge in [0, 0.05) is 25.8 Å². The second-order valence-electron chi connectivity index (χ2n) is 7.09. The number of carbonyl (C=O) groups excluding carboxylic acids is 2. The number of anilines is 3. The largest absolute Gasteiger partial charge is 0.364 e. The molecule has 0 fully saturated rings. The Morgan fingerprint density at radius 3 is 2.63 bits per heavy atom. The molecule has 1 unspecified atom stereocenters. The zero-order valence-electron chi connectivity index (χ0n) is 18.2. The highest BCUT2D eigenvalue weighted by Crippen LogP contribution is 2.24. The van der Waals surface area contributed by atoms with Crippen LogP contribution in [0.2, 0.25) is 0 Å². The number of carbonyl (C=O) groups is 2. The highest BCUT2D eigenvalue weighted by atomic mass is 16.2. The molecular weight excluding hydrogens is 382 g/mol. The molecule has 1 aromatic carbocycles. The number of amides is 2. The minimum atomic E-state index is -0.642. The van der Waals surface area contributed by atoms with E-state index in [-0.39, 0.29) is 17.6 Å². The summed E-state index contributed by atoms with van der Waals surface area (Å²) in [5.74, 6) is 0.316. The Balaban J connectivity index is 2.19. The molecule has 0 aliphatic heterocycles. The Kier molecular flexibility index (Phi) is 8.11. The van der Waals surface area contributed by atoms with E-state index >= 15 is 0 Å². The van der Waals surface area contributed by atoms with Gasteiger partial charge in [-0.3, -0.25) is 9.59 Å². The van der Waals surface area contributed by atoms with Crippen LogP contribution in [0.1, 0.15) is 35.6 Å². The number of nitrogens with two attached hydrogens (primary N) is 1. The first kappa shape index (κ1) is 23.1. The number of hydrogen-bond donors (Lipinski definition) is 4. The third-order valence-corrected chi connectivity index (χ3v) is 4.84. The van der Waals surface area contributed by atoms with E-state index in [0.29, 0.717) is 30.3 Å². The fraction of sp³-hybridized carbons (Fsp3) is 0.429. The number of primary amides is 1. The summed E-state index contributed by atoms with van der Waals surface area (Å²) in [6.07, 6.45) is 0.670. The van der Waals surface area contributed by atoms with Gasteiger partial charge in [0.2, 0.25) is 5.91 Å². The molecule has 0 aliphatic rings. The van der Waals surface area contributed by atoms with Gasteiger partial charge in [-0.1, -0.05) is 12.1 Å². The van der Waals surface area contributed by atoms with E-state index in [9.17, 15) is 9.59 Å². The lowest BCUT2D eigenvalue weighted by Crippen LogP contribution is -2.41. The van der Waals surface area contributed by atoms with Crippen LogP contribution in [0.25, 0.3) is 0 Å². The molecule has 5 N–H and O–H groups in total. The molecule has 0 spiro atoms. The van der Waals surface area contributed by atoms with Crippen LogP contribution in [0.4, 0.5) is 17.3 Å². The molecule has 9 nitrogen and oxygen atoms in total. The standard InChI is InChI=1S/C21H31N7O2/c1-6-28(5)20-13(2)25-17(18(22)29)19(27-20)26-16-9-7-8-15(12-16)10-11-24-21(30)14(3)23-4/h7-9,12,14,23H,6,10-11H2,1-5H3,(H2,22,29)(H,24,30)(H,26,27). The van der Waals surface area contributed by atoms with Crippen LogP contribution in [0.3, 0.4) is 0 Å². The summed E-state index contributed by atoms with van der Waals surface area (Å²) < 4.78 is 0. The van der Waals surface area contributed by atoms with Crippen LogP contribution in [0.15, 0.2) is 24.3 Å². The molecule has 162 valence electrons. The quantitative estimate of drug-likeness (QED) is 0.463. The van der Waals surface area contributed by atoms with Gasteiger partial charge in [-0.25, -0.2) is 9.97 Å². The van der Waals surface area contributed by atoms with Gasteiger partial charge in [0.1, 0.15) is 0 Å². The minimum absolute atomic E-state index is 0.0413. The monoisotopic (exact) mass is 413 g/mol. The molecule has 0 bridgehead atoms. The van der Waals surface area contributed by atoms with Gasteiger partial charge in [-0.05, 0) is 51.9 Å². The summed E-state index contributed by atoms with van der Waals surface area (Å²) in [5, 5.41) is 8.97. The lowest BCUT2D eigenvalue weighted by atomic mass is 10.1. The van der Waals surface area contributed by atoms with Crippen LogP contribution < -0.4 is 26.6 Å². The van der Waals surface area contributed by atoms with E-state index in [0.717, 1.165) is 17.8 Å². The number of likely N-dealkylation sites (N-methyl/N-ethyl adjacent to an activating group) is 1. The molecule has 0 saturated heterocycles. The predicted molar refractivity (Wildman–Crippen MR) is 119 cm³/mol. The normalized spacial score (nSPS) is 11.6. The van der Waals surface area contributed by atoms with Gasteiger partial charge in [-0.2, -0.15) is 0 Å². The van der Waals surface area contributed by atoms with Gasteiger partial charge >= 0.3 is 0 Å². The number of nitrogens with zero attached hydrogens (tertiary/aromatic N) is 3. The smallest absolute Gasteiger partial charge is 0.271 e. The average molecular weight is 414 g/mol. The van der Waals surface area contributed by atoms with Crippen molar-refractivity contribution in [2.75, 3.05) is 37.4 Å². The zero-order chi connectivity index (χ0) is 22.3. The lowest BCUT2D eigenvalue weighted by molar-refractivity contribution is -0.122. The van der Waals surface area contributed by atoms with E-state index in [1.165, 1.54) is 0 Å². The van der Waals surface area contributed by atoms with Crippen molar-refractivity contribution < 1.29 is 9.59 Å². The van der Waals surface area contributed by atoms with Crippen LogP contribution in [-0.4, -0.2) is 55.0 Å². The Morgan fingerprint density at radius 2 is 2.00 bits per heavy atom. The summed E-state index contributed by atoms with van der Waals surface area (Å²) >= 11 is 0. The number of hydrogen-bond acceptors (Lipinski definition) is 7. The topological polar surface area (TPSA) is 125 Å². The van der Waals surface area contributed by atoms with Crippen molar-refractivity contribution in [2.45, 2.75) is 33.2 Å². The van der Waals surface area contributed by atoms with E-state index in [2.05, 4.69) is 25.9 Å². The summed E-state index contributed by atoms with van der Waals surface area (Å²) in [4.78, 5) is 34.6. The summed E-state index contributed by atoms with van der Waals surface area (Å²) in [7, 11) is 3.66. The Labute approximate surface area is 177 Å². The van der Waals surface area contributed by atoms with Crippen molar-refractivity contribution in [3.05, 3.63) is 41.2 Å². The van der Waals surface area contributed by atoms with Crippen molar-refractivity contribution in [1.29, 1.82) is 0 Å². The molecule has 0 radical (unpaired) electrons. The highest BCUT2D eigenvalue weighted by molar-refractivity contribution is 5.96. The van der Waals surface area contributed by atoms with Crippen LogP contribution in [0.5, 0.6) is 0 Å². The lowest BCUT2D eigenvalue weighted by Gasteiger charge is -2.20. The second-order valence-corrected chi connectivity index (χ2v) is 7.09. The molecule has 1 aromatic heterocycles. The number of benzene rings is 1. The van der Waals surface area contributed by atoms with Gasteiger partial charge in [0.05, 0.1) is 11.7 Å². The van der Waals surface area contributed by atoms with Crippen molar-refractivity contribution in [3.8, 4) is 0 Å². The summed E-state index contributed by atoms with van der Waals surface area (Å²) in [6.45, 7) is 6.89. The van der Waals surface area contributed by atoms with Crippen LogP contribution in [0, 0.1) is 6.92 Å². The summed E-state index contributed by atoms with van der Waals surface area (Å²) in [5.41, 5.74) is 8.04. The molecule has 0 saturated carbocycles. The molecule has 2 aromatic rings. The molecule has 1 heterocycles. The number of rotatable bonds is 10. The summed E-state index contributed by atoms with van der Waals surface area (Å²) in [6, 6.07) is 7.47. The maximum atomic E-state index is 11.9. The Bertz CT molecular complexity index is 901. The second kappa shape index (κ2) is 10.5. The molecule has 30 heavy (non-hydrogen) atoms. The molecule has 1 atom stereocenters. The first-order chi connectivity index (χ1) is 14.3. The number of aromatic nitrogens is 2. The van der Waals surface area contributed by atoms with Crippen molar-refractivity contribution in [1.82, 2.24) is 20.6 Å². The van der Waals surface area contributed by atoms with E-state index < -0.39 is 5.91 Å². The van der Waals surface area contributed by atoms with Crippen LogP contribution >= 0.6 is 0 Å². The fourth-order valence-electron chi connectivity index (χ4n) is 2.84. The zero-order valence-corrected chi connectivity index (χ0v) is 18.2. The molecule has 2 amide bonds. The Morgan fingerprint density at radius 1 is 1.27 bits per heavy atom. The van der Waals surface area contributed by atoms with Crippen molar-refractivity contribution >= 4 is 29.1 Å². The fourth-order valence-corrected chi connectivity index (χ4v) is 2.84. The third-order valence-electron chi connectivity index (χ3n) is 4.84. The van der Waals surface area contributed by atoms with Gasteiger partial charge < -0.3 is 26.6 Å². The number of nitrogens with one attached hydrogen (secondary N) is 3. The maximum Gasteiger partial charge on any atom is 0.271 e. The van der Waals surface area contributed by atoms with Gasteiger partial charge in [0.25, 0.3) is 5.91 Å². The third kappa shape index (κ3) is 5.90. The van der Waals surface area contributed by atoms with E-state index in [4.69, 9.17) is 5.73 Å².